The Morgan fingerprint density at radius 3 is 2.44 bits per heavy atom. The molecule has 1 heterocycles. The molecular weight excluding hydrogens is 590 g/mol. The molecule has 2 N–H and O–H groups in total. The van der Waals surface area contributed by atoms with Crippen LogP contribution >= 0.6 is 11.6 Å². The van der Waals surface area contributed by atoms with Gasteiger partial charge in [0, 0.05) is 11.6 Å². The normalized spacial score (nSPS) is 14.3. The van der Waals surface area contributed by atoms with E-state index in [1.54, 1.807) is 42.5 Å². The van der Waals surface area contributed by atoms with Gasteiger partial charge in [0.25, 0.3) is 21.8 Å². The fourth-order valence-corrected chi connectivity index (χ4v) is 5.73. The first-order chi connectivity index (χ1) is 20.7. The SMILES string of the molecule is Cc1ccc(NS(=O)(=O)c2ccc(OCC(=O)N3CC(C(=O)NCCc4ccccc4)Oc4ccccc43)cc2)cc1Cl. The second-order valence-electron chi connectivity index (χ2n) is 9.93. The Bertz CT molecular complexity index is 1720. The molecule has 0 saturated carbocycles. The predicted octanol–water partition coefficient (Wildman–Crippen LogP) is 4.98. The van der Waals surface area contributed by atoms with Gasteiger partial charge in [-0.25, -0.2) is 8.42 Å². The molecule has 2 amide bonds. The molecule has 1 unspecified atom stereocenters. The number of hydrogen-bond donors (Lipinski definition) is 2. The number of para-hydroxylation sites is 2. The average Bonchev–Trinajstić information content (AvgIpc) is 3.01. The molecule has 222 valence electrons. The first kappa shape index (κ1) is 29.9. The molecule has 1 aliphatic rings. The highest BCUT2D eigenvalue weighted by Crippen LogP contribution is 2.33. The lowest BCUT2D eigenvalue weighted by atomic mass is 10.1. The topological polar surface area (TPSA) is 114 Å². The molecule has 0 aromatic heterocycles. The molecule has 5 rings (SSSR count). The number of carbonyl (C=O) groups excluding carboxylic acids is 2. The molecule has 1 atom stereocenters. The van der Waals surface area contributed by atoms with Crippen molar-refractivity contribution < 1.29 is 27.5 Å². The zero-order chi connectivity index (χ0) is 30.4. The third kappa shape index (κ3) is 7.46. The minimum atomic E-state index is -3.87. The third-order valence-corrected chi connectivity index (χ3v) is 8.65. The van der Waals surface area contributed by atoms with E-state index in [0.29, 0.717) is 40.9 Å². The largest absolute Gasteiger partial charge is 0.484 e. The number of fused-ring (bicyclic) bond motifs is 1. The van der Waals surface area contributed by atoms with E-state index in [2.05, 4.69) is 10.0 Å². The predicted molar refractivity (Wildman–Crippen MR) is 165 cm³/mol. The lowest BCUT2D eigenvalue weighted by molar-refractivity contribution is -0.128. The Morgan fingerprint density at radius 1 is 0.977 bits per heavy atom. The molecule has 11 heteroatoms. The van der Waals surface area contributed by atoms with E-state index in [4.69, 9.17) is 21.1 Å². The van der Waals surface area contributed by atoms with E-state index in [0.717, 1.165) is 11.1 Å². The van der Waals surface area contributed by atoms with E-state index < -0.39 is 16.1 Å². The third-order valence-electron chi connectivity index (χ3n) is 6.84. The summed E-state index contributed by atoms with van der Waals surface area (Å²) in [5.41, 5.74) is 2.81. The van der Waals surface area contributed by atoms with Gasteiger partial charge >= 0.3 is 0 Å². The molecule has 4 aromatic rings. The second-order valence-corrected chi connectivity index (χ2v) is 12.0. The molecule has 0 aliphatic carbocycles. The van der Waals surface area contributed by atoms with E-state index in [1.807, 2.05) is 37.3 Å². The van der Waals surface area contributed by atoms with Gasteiger partial charge < -0.3 is 19.7 Å². The fraction of sp³-hybridized carbons (Fsp3) is 0.188. The number of ether oxygens (including phenoxy) is 2. The van der Waals surface area contributed by atoms with Crippen molar-refractivity contribution in [3.8, 4) is 11.5 Å². The van der Waals surface area contributed by atoms with Gasteiger partial charge in [-0.15, -0.1) is 0 Å². The number of carbonyl (C=O) groups is 2. The first-order valence-electron chi connectivity index (χ1n) is 13.6. The summed E-state index contributed by atoms with van der Waals surface area (Å²) in [6, 6.07) is 27.4. The lowest BCUT2D eigenvalue weighted by Crippen LogP contribution is -2.52. The summed E-state index contributed by atoms with van der Waals surface area (Å²) >= 11 is 6.11. The van der Waals surface area contributed by atoms with Gasteiger partial charge in [0.05, 0.1) is 22.8 Å². The van der Waals surface area contributed by atoms with Gasteiger partial charge in [-0.3, -0.25) is 14.3 Å². The van der Waals surface area contributed by atoms with Crippen LogP contribution in [0.15, 0.2) is 102 Å². The maximum absolute atomic E-state index is 13.3. The minimum Gasteiger partial charge on any atom is -0.484 e. The number of halogens is 1. The van der Waals surface area contributed by atoms with E-state index in [1.165, 1.54) is 29.2 Å². The Morgan fingerprint density at radius 2 is 1.70 bits per heavy atom. The Hall–Kier alpha value is -4.54. The summed E-state index contributed by atoms with van der Waals surface area (Å²) in [5, 5.41) is 3.34. The standard InChI is InChI=1S/C32H30ClN3O6S/c1-22-11-12-24(19-27(22)33)35-43(39,40)26-15-13-25(14-16-26)41-21-31(37)36-20-30(42-29-10-6-5-9-28(29)36)32(38)34-18-17-23-7-3-2-4-8-23/h2-16,19,30,35H,17-18,20-21H2,1H3,(H,34,38). The summed E-state index contributed by atoms with van der Waals surface area (Å²) in [6.07, 6.45) is -0.224. The van der Waals surface area contributed by atoms with Gasteiger partial charge in [0.15, 0.2) is 12.7 Å². The van der Waals surface area contributed by atoms with Crippen molar-refractivity contribution in [2.45, 2.75) is 24.3 Å². The van der Waals surface area contributed by atoms with E-state index >= 15 is 0 Å². The van der Waals surface area contributed by atoms with E-state index in [-0.39, 0.29) is 29.9 Å². The number of rotatable bonds is 10. The van der Waals surface area contributed by atoms with Crippen molar-refractivity contribution in [1.82, 2.24) is 5.32 Å². The van der Waals surface area contributed by atoms with Crippen molar-refractivity contribution in [2.75, 3.05) is 29.3 Å². The molecular formula is C32H30ClN3O6S. The number of nitrogens with zero attached hydrogens (tertiary/aromatic N) is 1. The van der Waals surface area contributed by atoms with Crippen LogP contribution in [0, 0.1) is 6.92 Å². The number of sulfonamides is 1. The molecule has 0 saturated heterocycles. The highest BCUT2D eigenvalue weighted by atomic mass is 35.5. The summed E-state index contributed by atoms with van der Waals surface area (Å²) in [7, 11) is -3.87. The van der Waals surface area contributed by atoms with Crippen LogP contribution in [0.25, 0.3) is 0 Å². The van der Waals surface area contributed by atoms with Gasteiger partial charge in [-0.1, -0.05) is 60.1 Å². The van der Waals surface area contributed by atoms with Crippen molar-refractivity contribution >= 4 is 44.8 Å². The Labute approximate surface area is 255 Å². The minimum absolute atomic E-state index is 0.0161. The van der Waals surface area contributed by atoms with Crippen molar-refractivity contribution in [3.05, 3.63) is 113 Å². The number of nitrogens with one attached hydrogen (secondary N) is 2. The molecule has 0 bridgehead atoms. The molecule has 43 heavy (non-hydrogen) atoms. The zero-order valence-corrected chi connectivity index (χ0v) is 24.9. The summed E-state index contributed by atoms with van der Waals surface area (Å²) in [6.45, 7) is 1.94. The second kappa shape index (κ2) is 13.2. The quantitative estimate of drug-likeness (QED) is 0.259. The zero-order valence-electron chi connectivity index (χ0n) is 23.3. The van der Waals surface area contributed by atoms with Gasteiger partial charge in [0.1, 0.15) is 11.5 Å². The number of anilines is 2. The highest BCUT2D eigenvalue weighted by molar-refractivity contribution is 7.92. The van der Waals surface area contributed by atoms with Crippen LogP contribution in [0.4, 0.5) is 11.4 Å². The Kier molecular flexibility index (Phi) is 9.18. The highest BCUT2D eigenvalue weighted by Gasteiger charge is 2.33. The van der Waals surface area contributed by atoms with E-state index in [9.17, 15) is 18.0 Å². The summed E-state index contributed by atoms with van der Waals surface area (Å²) in [4.78, 5) is 27.7. The number of hydrogen-bond acceptors (Lipinski definition) is 6. The Balaban J connectivity index is 1.20. The van der Waals surface area contributed by atoms with Crippen molar-refractivity contribution in [2.24, 2.45) is 0 Å². The smallest absolute Gasteiger partial charge is 0.265 e. The average molecular weight is 620 g/mol. The maximum Gasteiger partial charge on any atom is 0.265 e. The molecule has 4 aromatic carbocycles. The van der Waals surface area contributed by atoms with Gasteiger partial charge in [-0.2, -0.15) is 0 Å². The van der Waals surface area contributed by atoms with Crippen LogP contribution in [0.2, 0.25) is 5.02 Å². The van der Waals surface area contributed by atoms with Crippen LogP contribution in [-0.4, -0.2) is 46.0 Å². The monoisotopic (exact) mass is 619 g/mol. The molecule has 0 radical (unpaired) electrons. The number of benzene rings is 4. The maximum atomic E-state index is 13.3. The lowest BCUT2D eigenvalue weighted by Gasteiger charge is -2.34. The summed E-state index contributed by atoms with van der Waals surface area (Å²) in [5.74, 6) is 0.0274. The molecule has 0 fully saturated rings. The molecule has 9 nitrogen and oxygen atoms in total. The van der Waals surface area contributed by atoms with Crippen molar-refractivity contribution in [3.63, 3.8) is 0 Å². The van der Waals surface area contributed by atoms with Crippen LogP contribution in [0.3, 0.4) is 0 Å². The first-order valence-corrected chi connectivity index (χ1v) is 15.5. The number of amides is 2. The molecule has 1 aliphatic heterocycles. The van der Waals surface area contributed by atoms with Crippen LogP contribution in [0.5, 0.6) is 11.5 Å². The van der Waals surface area contributed by atoms with Crippen LogP contribution in [-0.2, 0) is 26.0 Å². The van der Waals surface area contributed by atoms with Gasteiger partial charge in [-0.05, 0) is 73.0 Å². The van der Waals surface area contributed by atoms with Crippen LogP contribution < -0.4 is 24.4 Å². The number of aryl methyl sites for hydroxylation is 1. The van der Waals surface area contributed by atoms with Gasteiger partial charge in [0.2, 0.25) is 0 Å². The fourth-order valence-electron chi connectivity index (χ4n) is 4.50. The summed E-state index contributed by atoms with van der Waals surface area (Å²) < 4.78 is 39.8. The van der Waals surface area contributed by atoms with Crippen molar-refractivity contribution in [1.29, 1.82) is 0 Å². The molecule has 0 spiro atoms. The van der Waals surface area contributed by atoms with Crippen LogP contribution in [0.1, 0.15) is 11.1 Å².